The normalized spacial score (nSPS) is 11.8. The van der Waals surface area contributed by atoms with Gasteiger partial charge in [-0.2, -0.15) is 13.2 Å². The number of rotatable bonds is 7. The second kappa shape index (κ2) is 11.1. The van der Waals surface area contributed by atoms with E-state index in [2.05, 4.69) is 24.2 Å². The van der Waals surface area contributed by atoms with Crippen LogP contribution in [0.4, 0.5) is 18.9 Å². The monoisotopic (exact) mass is 523 g/mol. The van der Waals surface area contributed by atoms with Gasteiger partial charge in [-0.3, -0.25) is 0 Å². The van der Waals surface area contributed by atoms with Crippen molar-refractivity contribution in [1.29, 1.82) is 0 Å². The molecule has 0 aromatic heterocycles. The predicted molar refractivity (Wildman–Crippen MR) is 119 cm³/mol. The number of nitrogens with two attached hydrogens (primary N) is 1. The van der Waals surface area contributed by atoms with Crippen molar-refractivity contribution in [3.05, 3.63) is 53.6 Å². The molecule has 29 heavy (non-hydrogen) atoms. The number of alkyl halides is 3. The number of methoxy groups -OCH3 is 1. The molecule has 160 valence electrons. The topological polar surface area (TPSA) is 68.9 Å². The van der Waals surface area contributed by atoms with Crippen LogP contribution in [-0.4, -0.2) is 25.9 Å². The van der Waals surface area contributed by atoms with Gasteiger partial charge in [0.1, 0.15) is 0 Å². The fraction of sp³-hybridized carbons (Fsp3) is 0.350. The van der Waals surface area contributed by atoms with Crippen LogP contribution in [0.25, 0.3) is 0 Å². The van der Waals surface area contributed by atoms with Crippen LogP contribution in [0.2, 0.25) is 0 Å². The van der Waals surface area contributed by atoms with E-state index in [9.17, 15) is 13.2 Å². The van der Waals surface area contributed by atoms with E-state index in [4.69, 9.17) is 15.2 Å². The van der Waals surface area contributed by atoms with Crippen LogP contribution in [0, 0.1) is 0 Å². The van der Waals surface area contributed by atoms with Crippen molar-refractivity contribution >= 4 is 35.6 Å². The molecule has 0 aliphatic heterocycles. The standard InChI is InChI=1S/C20H24F3N3O2.HI/c1-13(2)15-5-4-6-16(10-15)26-19(24)25-11-14-7-8-17(18(9-14)27-3)28-12-20(21,22)23;/h4-10,13H,11-12H2,1-3H3,(H3,24,25,26);1H. The van der Waals surface area contributed by atoms with Crippen molar-refractivity contribution in [2.75, 3.05) is 19.0 Å². The average molecular weight is 523 g/mol. The third kappa shape index (κ3) is 8.38. The lowest BCUT2D eigenvalue weighted by atomic mass is 10.0. The van der Waals surface area contributed by atoms with Gasteiger partial charge in [0.05, 0.1) is 13.7 Å². The summed E-state index contributed by atoms with van der Waals surface area (Å²) in [6, 6.07) is 12.5. The first-order valence-electron chi connectivity index (χ1n) is 8.71. The van der Waals surface area contributed by atoms with E-state index in [-0.39, 0.29) is 48.0 Å². The average Bonchev–Trinajstić information content (AvgIpc) is 2.64. The molecule has 0 amide bonds. The van der Waals surface area contributed by atoms with E-state index < -0.39 is 12.8 Å². The highest BCUT2D eigenvalue weighted by Gasteiger charge is 2.29. The highest BCUT2D eigenvalue weighted by Crippen LogP contribution is 2.30. The number of guanidine groups is 1. The van der Waals surface area contributed by atoms with Crippen LogP contribution in [0.3, 0.4) is 0 Å². The zero-order chi connectivity index (χ0) is 20.7. The van der Waals surface area contributed by atoms with E-state index in [1.165, 1.54) is 18.7 Å². The summed E-state index contributed by atoms with van der Waals surface area (Å²) in [4.78, 5) is 4.26. The Morgan fingerprint density at radius 1 is 1.14 bits per heavy atom. The van der Waals surface area contributed by atoms with Gasteiger partial charge >= 0.3 is 6.18 Å². The van der Waals surface area contributed by atoms with Gasteiger partial charge in [-0.05, 0) is 41.3 Å². The molecule has 0 saturated heterocycles. The van der Waals surface area contributed by atoms with Crippen LogP contribution in [0.5, 0.6) is 11.5 Å². The zero-order valence-corrected chi connectivity index (χ0v) is 18.7. The van der Waals surface area contributed by atoms with Gasteiger partial charge in [0, 0.05) is 5.69 Å². The Morgan fingerprint density at radius 3 is 2.48 bits per heavy atom. The lowest BCUT2D eigenvalue weighted by Crippen LogP contribution is -2.22. The first kappa shape index (κ1) is 24.9. The van der Waals surface area contributed by atoms with Crippen LogP contribution in [0.15, 0.2) is 47.5 Å². The number of hydrogen-bond acceptors (Lipinski definition) is 3. The van der Waals surface area contributed by atoms with Crippen molar-refractivity contribution in [1.82, 2.24) is 0 Å². The number of anilines is 1. The Labute approximate surface area is 185 Å². The van der Waals surface area contributed by atoms with Gasteiger partial charge in [-0.25, -0.2) is 4.99 Å². The Hall–Kier alpha value is -2.17. The summed E-state index contributed by atoms with van der Waals surface area (Å²) in [5, 5.41) is 3.03. The minimum absolute atomic E-state index is 0. The summed E-state index contributed by atoms with van der Waals surface area (Å²) in [5.74, 6) is 0.847. The smallest absolute Gasteiger partial charge is 0.422 e. The van der Waals surface area contributed by atoms with E-state index in [0.717, 1.165) is 11.3 Å². The summed E-state index contributed by atoms with van der Waals surface area (Å²) in [6.07, 6.45) is -4.42. The zero-order valence-electron chi connectivity index (χ0n) is 16.4. The second-order valence-electron chi connectivity index (χ2n) is 6.50. The van der Waals surface area contributed by atoms with Crippen molar-refractivity contribution < 1.29 is 22.6 Å². The fourth-order valence-electron chi connectivity index (χ4n) is 2.43. The maximum Gasteiger partial charge on any atom is 0.422 e. The molecule has 2 aromatic rings. The third-order valence-electron chi connectivity index (χ3n) is 3.88. The summed E-state index contributed by atoms with van der Waals surface area (Å²) in [6.45, 7) is 3.06. The Bertz CT molecular complexity index is 827. The Kier molecular flexibility index (Phi) is 9.54. The van der Waals surface area contributed by atoms with Crippen LogP contribution in [0.1, 0.15) is 30.9 Å². The number of nitrogens with one attached hydrogen (secondary N) is 1. The number of hydrogen-bond donors (Lipinski definition) is 2. The number of halogens is 4. The van der Waals surface area contributed by atoms with Gasteiger partial charge in [0.15, 0.2) is 24.1 Å². The van der Waals surface area contributed by atoms with E-state index in [1.807, 2.05) is 24.3 Å². The molecule has 0 unspecified atom stereocenters. The molecule has 0 aliphatic rings. The maximum absolute atomic E-state index is 12.3. The predicted octanol–water partition coefficient (Wildman–Crippen LogP) is 5.30. The van der Waals surface area contributed by atoms with Crippen molar-refractivity contribution in [3.8, 4) is 11.5 Å². The van der Waals surface area contributed by atoms with Crippen LogP contribution in [-0.2, 0) is 6.54 Å². The minimum Gasteiger partial charge on any atom is -0.493 e. The molecule has 0 spiro atoms. The summed E-state index contributed by atoms with van der Waals surface area (Å²) >= 11 is 0. The third-order valence-corrected chi connectivity index (χ3v) is 3.88. The molecule has 0 atom stereocenters. The molecule has 0 bridgehead atoms. The molecule has 0 radical (unpaired) electrons. The number of ether oxygens (including phenoxy) is 2. The summed E-state index contributed by atoms with van der Waals surface area (Å²) in [7, 11) is 1.36. The molecule has 0 fully saturated rings. The SMILES string of the molecule is COc1cc(CN=C(N)Nc2cccc(C(C)C)c2)ccc1OCC(F)(F)F.I. The molecule has 2 aromatic carbocycles. The molecule has 0 aliphatic carbocycles. The fourth-order valence-corrected chi connectivity index (χ4v) is 2.43. The van der Waals surface area contributed by atoms with Crippen molar-refractivity contribution in [2.24, 2.45) is 10.7 Å². The summed E-state index contributed by atoms with van der Waals surface area (Å²) < 4.78 is 46.8. The van der Waals surface area contributed by atoms with E-state index in [0.29, 0.717) is 5.92 Å². The first-order chi connectivity index (χ1) is 13.2. The summed E-state index contributed by atoms with van der Waals surface area (Å²) in [5.41, 5.74) is 8.67. The first-order valence-corrected chi connectivity index (χ1v) is 8.71. The van der Waals surface area contributed by atoms with E-state index >= 15 is 0 Å². The molecule has 3 N–H and O–H groups in total. The largest absolute Gasteiger partial charge is 0.493 e. The maximum atomic E-state index is 12.3. The quantitative estimate of drug-likeness (QED) is 0.294. The second-order valence-corrected chi connectivity index (χ2v) is 6.50. The van der Waals surface area contributed by atoms with Crippen LogP contribution < -0.4 is 20.5 Å². The van der Waals surface area contributed by atoms with Crippen molar-refractivity contribution in [2.45, 2.75) is 32.5 Å². The van der Waals surface area contributed by atoms with Crippen molar-refractivity contribution in [3.63, 3.8) is 0 Å². The number of nitrogens with zero attached hydrogens (tertiary/aromatic N) is 1. The lowest BCUT2D eigenvalue weighted by molar-refractivity contribution is -0.153. The van der Waals surface area contributed by atoms with Gasteiger partial charge in [0.25, 0.3) is 0 Å². The molecular weight excluding hydrogens is 498 g/mol. The molecule has 5 nitrogen and oxygen atoms in total. The Balaban J connectivity index is 0.00000420. The molecule has 9 heteroatoms. The van der Waals surface area contributed by atoms with Gasteiger partial charge in [-0.15, -0.1) is 24.0 Å². The molecule has 0 saturated carbocycles. The number of aliphatic imine (C=N–C) groups is 1. The van der Waals surface area contributed by atoms with Gasteiger partial charge in [-0.1, -0.05) is 32.0 Å². The molecular formula is C20H25F3IN3O2. The molecule has 2 rings (SSSR count). The molecule has 0 heterocycles. The number of benzene rings is 2. The van der Waals surface area contributed by atoms with E-state index in [1.54, 1.807) is 12.1 Å². The Morgan fingerprint density at radius 2 is 1.86 bits per heavy atom. The van der Waals surface area contributed by atoms with Gasteiger partial charge in [0.2, 0.25) is 0 Å². The highest BCUT2D eigenvalue weighted by molar-refractivity contribution is 14.0. The highest BCUT2D eigenvalue weighted by atomic mass is 127. The lowest BCUT2D eigenvalue weighted by Gasteiger charge is -2.13. The van der Waals surface area contributed by atoms with Crippen LogP contribution >= 0.6 is 24.0 Å². The minimum atomic E-state index is -4.42. The van der Waals surface area contributed by atoms with Gasteiger partial charge < -0.3 is 20.5 Å².